The van der Waals surface area contributed by atoms with E-state index in [4.69, 9.17) is 5.73 Å². The molecule has 25 heavy (non-hydrogen) atoms. The zero-order valence-electron chi connectivity index (χ0n) is 14.2. The normalized spacial score (nSPS) is 14.5. The molecule has 0 aliphatic carbocycles. The molecule has 4 rings (SSSR count). The molecule has 124 valence electrons. The van der Waals surface area contributed by atoms with Crippen LogP contribution in [0.15, 0.2) is 66.7 Å². The third-order valence-electron chi connectivity index (χ3n) is 4.51. The number of aromatic nitrogens is 2. The Bertz CT molecular complexity index is 914. The fraction of sp³-hybridized carbons (Fsp3) is 0.143. The van der Waals surface area contributed by atoms with Crippen molar-refractivity contribution in [3.05, 3.63) is 83.4 Å². The van der Waals surface area contributed by atoms with Crippen LogP contribution in [-0.2, 0) is 6.54 Å². The van der Waals surface area contributed by atoms with E-state index in [2.05, 4.69) is 76.8 Å². The van der Waals surface area contributed by atoms with Crippen LogP contribution in [0.25, 0.3) is 16.8 Å². The second-order valence-electron chi connectivity index (χ2n) is 6.40. The summed E-state index contributed by atoms with van der Waals surface area (Å²) in [6.07, 6.45) is 2.31. The molecule has 0 saturated heterocycles. The summed E-state index contributed by atoms with van der Waals surface area (Å²) >= 11 is 0. The van der Waals surface area contributed by atoms with Crippen LogP contribution in [0.1, 0.15) is 16.7 Å². The first-order valence-electron chi connectivity index (χ1n) is 8.38. The molecule has 0 bridgehead atoms. The summed E-state index contributed by atoms with van der Waals surface area (Å²) in [7, 11) is 2.14. The topological polar surface area (TPSA) is 55.0 Å². The van der Waals surface area contributed by atoms with E-state index in [0.717, 1.165) is 24.3 Å². The van der Waals surface area contributed by atoms with Crippen molar-refractivity contribution in [2.24, 2.45) is 0 Å². The Labute approximate surface area is 147 Å². The van der Waals surface area contributed by atoms with Gasteiger partial charge in [0, 0.05) is 18.7 Å². The van der Waals surface area contributed by atoms with Crippen molar-refractivity contribution < 1.29 is 0 Å². The van der Waals surface area contributed by atoms with Gasteiger partial charge in [0.2, 0.25) is 0 Å². The van der Waals surface area contributed by atoms with E-state index in [-0.39, 0.29) is 0 Å². The molecule has 0 saturated carbocycles. The highest BCUT2D eigenvalue weighted by atomic mass is 15.1. The van der Waals surface area contributed by atoms with Crippen LogP contribution in [0.2, 0.25) is 0 Å². The van der Waals surface area contributed by atoms with Crippen molar-refractivity contribution in [1.82, 2.24) is 15.1 Å². The third kappa shape index (κ3) is 3.16. The predicted octanol–water partition coefficient (Wildman–Crippen LogP) is 3.60. The highest BCUT2D eigenvalue weighted by Crippen LogP contribution is 2.32. The molecule has 0 amide bonds. The fourth-order valence-corrected chi connectivity index (χ4v) is 3.25. The summed E-state index contributed by atoms with van der Waals surface area (Å²) < 4.78 is 0. The van der Waals surface area contributed by atoms with Gasteiger partial charge in [0.1, 0.15) is 5.82 Å². The maximum atomic E-state index is 5.65. The minimum absolute atomic E-state index is 0.438. The first-order valence-corrected chi connectivity index (χ1v) is 8.38. The molecular weight excluding hydrogens is 308 g/mol. The van der Waals surface area contributed by atoms with Crippen LogP contribution in [0, 0.1) is 0 Å². The summed E-state index contributed by atoms with van der Waals surface area (Å²) in [5, 5.41) is 8.18. The number of likely N-dealkylation sites (N-methyl/N-ethyl adjacent to an activating group) is 1. The van der Waals surface area contributed by atoms with Gasteiger partial charge in [0.15, 0.2) is 0 Å². The van der Waals surface area contributed by atoms with Gasteiger partial charge in [0.05, 0.1) is 5.69 Å². The van der Waals surface area contributed by atoms with Crippen molar-refractivity contribution in [3.63, 3.8) is 0 Å². The van der Waals surface area contributed by atoms with E-state index < -0.39 is 0 Å². The number of nitrogen functional groups attached to an aromatic ring is 1. The lowest BCUT2D eigenvalue weighted by Gasteiger charge is -2.15. The Balaban J connectivity index is 1.81. The summed E-state index contributed by atoms with van der Waals surface area (Å²) in [6.45, 7) is 1.83. The van der Waals surface area contributed by atoms with Crippen LogP contribution in [-0.4, -0.2) is 28.7 Å². The molecule has 0 radical (unpaired) electrons. The Morgan fingerprint density at radius 2 is 1.76 bits per heavy atom. The lowest BCUT2D eigenvalue weighted by Crippen LogP contribution is -2.16. The Morgan fingerprint density at radius 3 is 2.52 bits per heavy atom. The number of nitrogens with zero attached hydrogens (tertiary/aromatic N) is 3. The quantitative estimate of drug-likeness (QED) is 0.781. The number of rotatable bonds is 2. The van der Waals surface area contributed by atoms with Crippen LogP contribution in [0.4, 0.5) is 5.82 Å². The van der Waals surface area contributed by atoms with Crippen molar-refractivity contribution in [2.45, 2.75) is 6.54 Å². The summed E-state index contributed by atoms with van der Waals surface area (Å²) in [6, 6.07) is 20.8. The Hall–Kier alpha value is -2.98. The van der Waals surface area contributed by atoms with Crippen LogP contribution in [0.5, 0.6) is 0 Å². The second kappa shape index (κ2) is 6.49. The molecule has 1 aliphatic rings. The van der Waals surface area contributed by atoms with Gasteiger partial charge < -0.3 is 5.73 Å². The van der Waals surface area contributed by atoms with Gasteiger partial charge in [-0.05, 0) is 47.5 Å². The highest BCUT2D eigenvalue weighted by Gasteiger charge is 2.16. The van der Waals surface area contributed by atoms with E-state index in [0.29, 0.717) is 5.82 Å². The van der Waals surface area contributed by atoms with Crippen molar-refractivity contribution in [3.8, 4) is 11.3 Å². The van der Waals surface area contributed by atoms with E-state index in [1.807, 2.05) is 6.07 Å². The van der Waals surface area contributed by atoms with Crippen LogP contribution >= 0.6 is 0 Å². The number of fused-ring (bicyclic) bond motifs is 1. The number of benzene rings is 2. The average molecular weight is 328 g/mol. The minimum atomic E-state index is 0.438. The van der Waals surface area contributed by atoms with Crippen molar-refractivity contribution in [2.75, 3.05) is 19.3 Å². The maximum absolute atomic E-state index is 5.65. The van der Waals surface area contributed by atoms with Gasteiger partial charge in [-0.1, -0.05) is 48.5 Å². The molecule has 2 N–H and O–H groups in total. The van der Waals surface area contributed by atoms with Gasteiger partial charge in [-0.25, -0.2) is 0 Å². The van der Waals surface area contributed by atoms with Gasteiger partial charge in [-0.3, -0.25) is 4.90 Å². The standard InChI is InChI=1S/C21H20N4/c1-25-12-11-19(15-5-3-2-4-6-15)18-8-7-16(13-17(18)14-25)20-9-10-21(22)24-23-20/h2-11,13H,12,14H2,1H3,(H2,22,24). The first kappa shape index (κ1) is 15.5. The van der Waals surface area contributed by atoms with Crippen LogP contribution < -0.4 is 5.73 Å². The van der Waals surface area contributed by atoms with Crippen molar-refractivity contribution >= 4 is 11.4 Å². The molecule has 0 atom stereocenters. The first-order chi connectivity index (χ1) is 12.2. The van der Waals surface area contributed by atoms with Gasteiger partial charge in [-0.2, -0.15) is 0 Å². The Kier molecular flexibility index (Phi) is 4.04. The summed E-state index contributed by atoms with van der Waals surface area (Å²) in [4.78, 5) is 2.31. The van der Waals surface area contributed by atoms with Crippen molar-refractivity contribution in [1.29, 1.82) is 0 Å². The van der Waals surface area contributed by atoms with Crippen LogP contribution in [0.3, 0.4) is 0 Å². The molecule has 1 aromatic heterocycles. The third-order valence-corrected chi connectivity index (χ3v) is 4.51. The molecule has 3 aromatic rings. The van der Waals surface area contributed by atoms with E-state index in [1.165, 1.54) is 22.3 Å². The molecule has 2 heterocycles. The van der Waals surface area contributed by atoms with Gasteiger partial charge in [-0.15, -0.1) is 10.2 Å². The predicted molar refractivity (Wildman–Crippen MR) is 102 cm³/mol. The Morgan fingerprint density at radius 1 is 0.920 bits per heavy atom. The fourth-order valence-electron chi connectivity index (χ4n) is 3.25. The smallest absolute Gasteiger partial charge is 0.146 e. The average Bonchev–Trinajstić information content (AvgIpc) is 2.80. The maximum Gasteiger partial charge on any atom is 0.146 e. The molecule has 0 spiro atoms. The lowest BCUT2D eigenvalue weighted by molar-refractivity contribution is 0.366. The highest BCUT2D eigenvalue weighted by molar-refractivity contribution is 5.83. The molecule has 4 heteroatoms. The zero-order valence-corrected chi connectivity index (χ0v) is 14.2. The lowest BCUT2D eigenvalue weighted by atomic mass is 9.92. The number of nitrogens with two attached hydrogens (primary N) is 1. The van der Waals surface area contributed by atoms with Gasteiger partial charge >= 0.3 is 0 Å². The number of hydrogen-bond donors (Lipinski definition) is 1. The molecule has 1 aliphatic heterocycles. The van der Waals surface area contributed by atoms with E-state index >= 15 is 0 Å². The number of hydrogen-bond acceptors (Lipinski definition) is 4. The molecular formula is C21H20N4. The van der Waals surface area contributed by atoms with E-state index in [9.17, 15) is 0 Å². The molecule has 4 nitrogen and oxygen atoms in total. The van der Waals surface area contributed by atoms with E-state index in [1.54, 1.807) is 6.07 Å². The molecule has 0 unspecified atom stereocenters. The largest absolute Gasteiger partial charge is 0.382 e. The summed E-state index contributed by atoms with van der Waals surface area (Å²) in [5.74, 6) is 0.438. The second-order valence-corrected chi connectivity index (χ2v) is 6.40. The minimum Gasteiger partial charge on any atom is -0.382 e. The monoisotopic (exact) mass is 328 g/mol. The number of anilines is 1. The summed E-state index contributed by atoms with van der Waals surface area (Å²) in [5.41, 5.74) is 12.7. The zero-order chi connectivity index (χ0) is 17.2. The van der Waals surface area contributed by atoms with Gasteiger partial charge in [0.25, 0.3) is 0 Å². The molecule has 0 fully saturated rings. The SMILES string of the molecule is CN1CC=C(c2ccccc2)c2ccc(-c3ccc(N)nn3)cc2C1. The molecule has 2 aromatic carbocycles.